The van der Waals surface area contributed by atoms with Crippen LogP contribution in [0.15, 0.2) is 35.2 Å². The van der Waals surface area contributed by atoms with E-state index in [1.165, 1.54) is 16.4 Å². The number of rotatable bonds is 3. The number of alkyl halides is 3. The first-order valence-corrected chi connectivity index (χ1v) is 8.08. The van der Waals surface area contributed by atoms with Crippen LogP contribution in [0.4, 0.5) is 13.2 Å². The summed E-state index contributed by atoms with van der Waals surface area (Å²) < 4.78 is 62.4. The van der Waals surface area contributed by atoms with Crippen molar-refractivity contribution in [2.75, 3.05) is 13.1 Å². The van der Waals surface area contributed by atoms with Crippen molar-refractivity contribution < 1.29 is 26.4 Å². The maximum absolute atomic E-state index is 12.3. The summed E-state index contributed by atoms with van der Waals surface area (Å²) in [6.45, 7) is 0.139. The monoisotopic (exact) mass is 336 g/mol. The van der Waals surface area contributed by atoms with E-state index in [0.29, 0.717) is 0 Å². The highest BCUT2D eigenvalue weighted by Gasteiger charge is 2.40. The number of benzene rings is 1. The second-order valence-corrected chi connectivity index (χ2v) is 6.90. The lowest BCUT2D eigenvalue weighted by molar-refractivity contribution is -0.174. The Hall–Kier alpha value is -1.61. The number of nitrogens with zero attached hydrogens (tertiary/aromatic N) is 1. The highest BCUT2D eigenvalue weighted by molar-refractivity contribution is 7.89. The molecular formula is C13H15F3N2O3S. The second-order valence-electron chi connectivity index (χ2n) is 4.96. The Morgan fingerprint density at radius 1 is 1.14 bits per heavy atom. The van der Waals surface area contributed by atoms with Gasteiger partial charge >= 0.3 is 12.1 Å². The van der Waals surface area contributed by atoms with Crippen molar-refractivity contribution in [1.82, 2.24) is 9.62 Å². The molecule has 5 nitrogen and oxygen atoms in total. The van der Waals surface area contributed by atoms with E-state index in [-0.39, 0.29) is 30.8 Å². The number of piperidine rings is 1. The van der Waals surface area contributed by atoms with Crippen molar-refractivity contribution >= 4 is 15.9 Å². The Morgan fingerprint density at radius 3 is 2.18 bits per heavy atom. The minimum Gasteiger partial charge on any atom is -0.345 e. The molecule has 0 atom stereocenters. The predicted molar refractivity (Wildman–Crippen MR) is 72.4 cm³/mol. The van der Waals surface area contributed by atoms with Crippen LogP contribution in [0.5, 0.6) is 0 Å². The summed E-state index contributed by atoms with van der Waals surface area (Å²) in [4.78, 5) is 11.0. The number of hydrogen-bond donors (Lipinski definition) is 1. The van der Waals surface area contributed by atoms with Gasteiger partial charge in [-0.05, 0) is 25.0 Å². The molecule has 9 heteroatoms. The number of nitrogens with one attached hydrogen (secondary N) is 1. The third-order valence-electron chi connectivity index (χ3n) is 3.43. The summed E-state index contributed by atoms with van der Waals surface area (Å²) in [6.07, 6.45) is -4.63. The van der Waals surface area contributed by atoms with Crippen LogP contribution in [0.1, 0.15) is 12.8 Å². The molecule has 2 rings (SSSR count). The van der Waals surface area contributed by atoms with Gasteiger partial charge in [-0.15, -0.1) is 0 Å². The van der Waals surface area contributed by atoms with Gasteiger partial charge < -0.3 is 5.32 Å². The van der Waals surface area contributed by atoms with E-state index in [9.17, 15) is 26.4 Å². The van der Waals surface area contributed by atoms with Gasteiger partial charge in [0.05, 0.1) is 4.90 Å². The van der Waals surface area contributed by atoms with Gasteiger partial charge in [0.15, 0.2) is 0 Å². The minimum atomic E-state index is -4.92. The average molecular weight is 336 g/mol. The van der Waals surface area contributed by atoms with Gasteiger partial charge in [0, 0.05) is 19.1 Å². The van der Waals surface area contributed by atoms with Crippen LogP contribution < -0.4 is 5.32 Å². The fourth-order valence-electron chi connectivity index (χ4n) is 2.25. The normalized spacial score (nSPS) is 18.1. The Labute approximate surface area is 126 Å². The van der Waals surface area contributed by atoms with Crippen molar-refractivity contribution in [3.8, 4) is 0 Å². The standard InChI is InChI=1S/C13H15F3N2O3S/c14-13(15,16)12(19)17-10-6-8-18(9-7-10)22(20,21)11-4-2-1-3-5-11/h1-5,10H,6-9H2,(H,17,19). The first kappa shape index (κ1) is 16.8. The highest BCUT2D eigenvalue weighted by atomic mass is 32.2. The number of amides is 1. The summed E-state index contributed by atoms with van der Waals surface area (Å²) in [5.41, 5.74) is 0. The number of halogens is 3. The smallest absolute Gasteiger partial charge is 0.345 e. The molecule has 1 fully saturated rings. The lowest BCUT2D eigenvalue weighted by Gasteiger charge is -2.31. The molecule has 1 aliphatic rings. The van der Waals surface area contributed by atoms with Crippen molar-refractivity contribution in [3.05, 3.63) is 30.3 Å². The molecule has 0 aliphatic carbocycles. The number of sulfonamides is 1. The quantitative estimate of drug-likeness (QED) is 0.910. The van der Waals surface area contributed by atoms with Gasteiger partial charge in [0.2, 0.25) is 10.0 Å². The Morgan fingerprint density at radius 2 is 1.68 bits per heavy atom. The molecule has 0 unspecified atom stereocenters. The van der Waals surface area contributed by atoms with Crippen molar-refractivity contribution in [2.45, 2.75) is 30.0 Å². The maximum Gasteiger partial charge on any atom is 0.471 e. The highest BCUT2D eigenvalue weighted by Crippen LogP contribution is 2.21. The molecular weight excluding hydrogens is 321 g/mol. The van der Waals surface area contributed by atoms with Gasteiger partial charge in [-0.25, -0.2) is 8.42 Å². The molecule has 1 aliphatic heterocycles. The Bertz CT molecular complexity index is 624. The first-order chi connectivity index (χ1) is 10.2. The van der Waals surface area contributed by atoms with E-state index in [4.69, 9.17) is 0 Å². The zero-order valence-corrected chi connectivity index (χ0v) is 12.3. The third-order valence-corrected chi connectivity index (χ3v) is 5.34. The summed E-state index contributed by atoms with van der Waals surface area (Å²) in [5.74, 6) is -1.99. The van der Waals surface area contributed by atoms with Gasteiger partial charge in [-0.2, -0.15) is 17.5 Å². The van der Waals surface area contributed by atoms with Crippen LogP contribution in [0.3, 0.4) is 0 Å². The zero-order chi connectivity index (χ0) is 16.4. The average Bonchev–Trinajstić information content (AvgIpc) is 2.48. The van der Waals surface area contributed by atoms with Crippen LogP contribution in [0.25, 0.3) is 0 Å². The van der Waals surface area contributed by atoms with Gasteiger partial charge in [-0.1, -0.05) is 18.2 Å². The van der Waals surface area contributed by atoms with Crippen LogP contribution in [-0.2, 0) is 14.8 Å². The van der Waals surface area contributed by atoms with Crippen LogP contribution in [-0.4, -0.2) is 43.9 Å². The summed E-state index contributed by atoms with van der Waals surface area (Å²) in [6, 6.07) is 7.15. The summed E-state index contributed by atoms with van der Waals surface area (Å²) >= 11 is 0. The van der Waals surface area contributed by atoms with Gasteiger partial charge in [0.25, 0.3) is 0 Å². The maximum atomic E-state index is 12.3. The molecule has 0 aromatic heterocycles. The topological polar surface area (TPSA) is 66.5 Å². The molecule has 1 N–H and O–H groups in total. The predicted octanol–water partition coefficient (Wildman–Crippen LogP) is 1.52. The molecule has 1 aromatic carbocycles. The molecule has 0 radical (unpaired) electrons. The lowest BCUT2D eigenvalue weighted by Crippen LogP contribution is -2.49. The Balaban J connectivity index is 1.97. The van der Waals surface area contributed by atoms with E-state index < -0.39 is 28.1 Å². The molecule has 0 spiro atoms. The third kappa shape index (κ3) is 3.77. The van der Waals surface area contributed by atoms with E-state index >= 15 is 0 Å². The molecule has 22 heavy (non-hydrogen) atoms. The SMILES string of the molecule is O=C(NC1CCN(S(=O)(=O)c2ccccc2)CC1)C(F)(F)F. The van der Waals surface area contributed by atoms with Crippen molar-refractivity contribution in [2.24, 2.45) is 0 Å². The molecule has 122 valence electrons. The number of carbonyl (C=O) groups excluding carboxylic acids is 1. The molecule has 1 saturated heterocycles. The molecule has 1 amide bonds. The van der Waals surface area contributed by atoms with Gasteiger partial charge in [-0.3, -0.25) is 4.79 Å². The fourth-order valence-corrected chi connectivity index (χ4v) is 3.74. The van der Waals surface area contributed by atoms with Crippen LogP contribution >= 0.6 is 0 Å². The van der Waals surface area contributed by atoms with E-state index in [1.807, 2.05) is 5.32 Å². The zero-order valence-electron chi connectivity index (χ0n) is 11.5. The van der Waals surface area contributed by atoms with Crippen molar-refractivity contribution in [3.63, 3.8) is 0 Å². The first-order valence-electron chi connectivity index (χ1n) is 6.64. The molecule has 0 bridgehead atoms. The fraction of sp³-hybridized carbons (Fsp3) is 0.462. The van der Waals surface area contributed by atoms with E-state index in [1.54, 1.807) is 18.2 Å². The van der Waals surface area contributed by atoms with Crippen molar-refractivity contribution in [1.29, 1.82) is 0 Å². The summed E-state index contributed by atoms with van der Waals surface area (Å²) in [7, 11) is -3.64. The van der Waals surface area contributed by atoms with E-state index in [2.05, 4.69) is 0 Å². The van der Waals surface area contributed by atoms with E-state index in [0.717, 1.165) is 0 Å². The second kappa shape index (κ2) is 6.25. The number of carbonyl (C=O) groups is 1. The molecule has 1 aromatic rings. The lowest BCUT2D eigenvalue weighted by atomic mass is 10.1. The minimum absolute atomic E-state index is 0.0695. The van der Waals surface area contributed by atoms with Crippen LogP contribution in [0.2, 0.25) is 0 Å². The largest absolute Gasteiger partial charge is 0.471 e. The summed E-state index contributed by atoms with van der Waals surface area (Å²) in [5, 5.41) is 1.89. The molecule has 1 heterocycles. The van der Waals surface area contributed by atoms with Crippen LogP contribution in [0, 0.1) is 0 Å². The number of hydrogen-bond acceptors (Lipinski definition) is 3. The van der Waals surface area contributed by atoms with Gasteiger partial charge in [0.1, 0.15) is 0 Å². The Kier molecular flexibility index (Phi) is 4.76. The molecule has 0 saturated carbocycles.